The molecule has 2 aromatic rings. The molecule has 1 aliphatic carbocycles. The highest BCUT2D eigenvalue weighted by atomic mass is 32.1. The van der Waals surface area contributed by atoms with Gasteiger partial charge in [0.05, 0.1) is 0 Å². The molecule has 1 aromatic heterocycles. The van der Waals surface area contributed by atoms with E-state index in [1.54, 1.807) is 17.5 Å². The molecule has 30 heavy (non-hydrogen) atoms. The number of likely N-dealkylation sites (tertiary alicyclic amines) is 1. The van der Waals surface area contributed by atoms with Crippen LogP contribution in [0.2, 0.25) is 0 Å². The molecule has 1 aromatic carbocycles. The number of rotatable bonds is 4. The fourth-order valence-corrected chi connectivity index (χ4v) is 4.82. The molecule has 7 nitrogen and oxygen atoms in total. The van der Waals surface area contributed by atoms with E-state index in [9.17, 15) is 9.59 Å². The standard InChI is InChI=1S/C22H29N5O2S/c28-21(24-17-6-2-1-3-7-17)25-18-9-12-27(13-10-18)22(29)26-19-8-4-5-16(15-19)20-23-11-14-30-20/h4-5,8,11,14-15,17-18H,1-3,6-7,9-10,12-13H2,(H,26,29)(H2,24,25,28). The summed E-state index contributed by atoms with van der Waals surface area (Å²) in [5.74, 6) is 0. The van der Waals surface area contributed by atoms with E-state index in [0.717, 1.165) is 41.9 Å². The van der Waals surface area contributed by atoms with Gasteiger partial charge in [-0.25, -0.2) is 14.6 Å². The summed E-state index contributed by atoms with van der Waals surface area (Å²) in [5, 5.41) is 12.0. The topological polar surface area (TPSA) is 86.4 Å². The zero-order valence-corrected chi connectivity index (χ0v) is 17.9. The van der Waals surface area contributed by atoms with Gasteiger partial charge in [-0.05, 0) is 37.8 Å². The third-order valence-electron chi connectivity index (χ3n) is 5.85. The van der Waals surface area contributed by atoms with Gasteiger partial charge in [-0.2, -0.15) is 0 Å². The minimum atomic E-state index is -0.101. The van der Waals surface area contributed by atoms with Crippen LogP contribution in [0.5, 0.6) is 0 Å². The van der Waals surface area contributed by atoms with E-state index in [1.165, 1.54) is 19.3 Å². The number of nitrogens with zero attached hydrogens (tertiary/aromatic N) is 2. The van der Waals surface area contributed by atoms with Crippen LogP contribution in [0.4, 0.5) is 15.3 Å². The molecule has 2 fully saturated rings. The molecular formula is C22H29N5O2S. The van der Waals surface area contributed by atoms with Gasteiger partial charge in [-0.3, -0.25) is 0 Å². The van der Waals surface area contributed by atoms with E-state index in [1.807, 2.05) is 34.5 Å². The first-order chi connectivity index (χ1) is 14.7. The van der Waals surface area contributed by atoms with Crippen LogP contribution < -0.4 is 16.0 Å². The number of urea groups is 2. The number of benzene rings is 1. The first-order valence-corrected chi connectivity index (χ1v) is 11.7. The Kier molecular flexibility index (Phi) is 6.84. The number of hydrogen-bond acceptors (Lipinski definition) is 4. The third kappa shape index (κ3) is 5.50. The zero-order valence-electron chi connectivity index (χ0n) is 17.1. The van der Waals surface area contributed by atoms with Gasteiger partial charge in [0.25, 0.3) is 0 Å². The van der Waals surface area contributed by atoms with Crippen molar-refractivity contribution in [2.24, 2.45) is 0 Å². The molecule has 4 amide bonds. The van der Waals surface area contributed by atoms with E-state index in [4.69, 9.17) is 0 Å². The Bertz CT molecular complexity index is 843. The summed E-state index contributed by atoms with van der Waals surface area (Å²) < 4.78 is 0. The van der Waals surface area contributed by atoms with Crippen LogP contribution in [0.15, 0.2) is 35.8 Å². The Morgan fingerprint density at radius 2 is 1.73 bits per heavy atom. The summed E-state index contributed by atoms with van der Waals surface area (Å²) in [5.41, 5.74) is 1.76. The third-order valence-corrected chi connectivity index (χ3v) is 6.67. The van der Waals surface area contributed by atoms with Gasteiger partial charge in [0.1, 0.15) is 5.01 Å². The predicted octanol–water partition coefficient (Wildman–Crippen LogP) is 4.44. The molecule has 1 saturated carbocycles. The van der Waals surface area contributed by atoms with Gasteiger partial charge in [0, 0.05) is 48.0 Å². The molecule has 4 rings (SSSR count). The number of carbonyl (C=O) groups is 2. The smallest absolute Gasteiger partial charge is 0.321 e. The second kappa shape index (κ2) is 9.93. The SMILES string of the molecule is O=C(NC1CCCCC1)NC1CCN(C(=O)Nc2cccc(-c3nccs3)c2)CC1. The van der Waals surface area contributed by atoms with Crippen molar-refractivity contribution in [3.8, 4) is 10.6 Å². The quantitative estimate of drug-likeness (QED) is 0.674. The van der Waals surface area contributed by atoms with Crippen molar-refractivity contribution in [2.45, 2.75) is 57.0 Å². The molecule has 0 atom stereocenters. The Morgan fingerprint density at radius 3 is 2.43 bits per heavy atom. The number of nitrogens with one attached hydrogen (secondary N) is 3. The van der Waals surface area contributed by atoms with E-state index < -0.39 is 0 Å². The lowest BCUT2D eigenvalue weighted by atomic mass is 9.96. The molecule has 160 valence electrons. The predicted molar refractivity (Wildman–Crippen MR) is 120 cm³/mol. The molecule has 0 unspecified atom stereocenters. The van der Waals surface area contributed by atoms with Gasteiger partial charge >= 0.3 is 12.1 Å². The number of hydrogen-bond donors (Lipinski definition) is 3. The van der Waals surface area contributed by atoms with Crippen molar-refractivity contribution in [3.05, 3.63) is 35.8 Å². The lowest BCUT2D eigenvalue weighted by Crippen LogP contribution is -2.51. The van der Waals surface area contributed by atoms with Crippen LogP contribution in [0, 0.1) is 0 Å². The molecular weight excluding hydrogens is 398 g/mol. The Hall–Kier alpha value is -2.61. The summed E-state index contributed by atoms with van der Waals surface area (Å²) in [7, 11) is 0. The second-order valence-electron chi connectivity index (χ2n) is 8.06. The molecule has 2 aliphatic rings. The zero-order chi connectivity index (χ0) is 20.8. The lowest BCUT2D eigenvalue weighted by Gasteiger charge is -2.33. The van der Waals surface area contributed by atoms with E-state index in [-0.39, 0.29) is 18.1 Å². The summed E-state index contributed by atoms with van der Waals surface area (Å²) in [4.78, 5) is 31.0. The average molecular weight is 428 g/mol. The number of aromatic nitrogens is 1. The number of thiazole rings is 1. The highest BCUT2D eigenvalue weighted by molar-refractivity contribution is 7.13. The Labute approximate surface area is 181 Å². The van der Waals surface area contributed by atoms with Crippen LogP contribution >= 0.6 is 11.3 Å². The Morgan fingerprint density at radius 1 is 1.00 bits per heavy atom. The highest BCUT2D eigenvalue weighted by Crippen LogP contribution is 2.25. The summed E-state index contributed by atoms with van der Waals surface area (Å²) in [6.45, 7) is 1.26. The van der Waals surface area contributed by atoms with E-state index in [2.05, 4.69) is 20.9 Å². The Balaban J connectivity index is 1.22. The molecule has 2 heterocycles. The normalized spacial score (nSPS) is 18.1. The van der Waals surface area contributed by atoms with Gasteiger partial charge in [0.2, 0.25) is 0 Å². The minimum Gasteiger partial charge on any atom is -0.335 e. The number of amides is 4. The van der Waals surface area contributed by atoms with Crippen molar-refractivity contribution in [2.75, 3.05) is 18.4 Å². The molecule has 3 N–H and O–H groups in total. The maximum atomic E-state index is 12.7. The van der Waals surface area contributed by atoms with Crippen LogP contribution in [0.25, 0.3) is 10.6 Å². The minimum absolute atomic E-state index is 0.0659. The van der Waals surface area contributed by atoms with Crippen molar-refractivity contribution < 1.29 is 9.59 Å². The van der Waals surface area contributed by atoms with Crippen molar-refractivity contribution in [3.63, 3.8) is 0 Å². The van der Waals surface area contributed by atoms with Crippen LogP contribution in [0.1, 0.15) is 44.9 Å². The first-order valence-electron chi connectivity index (χ1n) is 10.8. The van der Waals surface area contributed by atoms with Crippen molar-refractivity contribution in [1.29, 1.82) is 0 Å². The van der Waals surface area contributed by atoms with Crippen LogP contribution in [-0.4, -0.2) is 47.1 Å². The van der Waals surface area contributed by atoms with Crippen molar-refractivity contribution in [1.82, 2.24) is 20.5 Å². The fourth-order valence-electron chi connectivity index (χ4n) is 4.18. The maximum Gasteiger partial charge on any atom is 0.321 e. The molecule has 0 spiro atoms. The highest BCUT2D eigenvalue weighted by Gasteiger charge is 2.25. The van der Waals surface area contributed by atoms with Gasteiger partial charge in [-0.1, -0.05) is 31.4 Å². The van der Waals surface area contributed by atoms with Gasteiger partial charge in [-0.15, -0.1) is 11.3 Å². The first kappa shape index (κ1) is 20.7. The number of piperidine rings is 1. The number of anilines is 1. The average Bonchev–Trinajstić information content (AvgIpc) is 3.30. The monoisotopic (exact) mass is 427 g/mol. The van der Waals surface area contributed by atoms with Gasteiger partial charge < -0.3 is 20.9 Å². The van der Waals surface area contributed by atoms with Gasteiger partial charge in [0.15, 0.2) is 0 Å². The summed E-state index contributed by atoms with van der Waals surface area (Å²) in [6.07, 6.45) is 9.14. The second-order valence-corrected chi connectivity index (χ2v) is 8.96. The lowest BCUT2D eigenvalue weighted by molar-refractivity contribution is 0.186. The van der Waals surface area contributed by atoms with E-state index >= 15 is 0 Å². The van der Waals surface area contributed by atoms with Crippen molar-refractivity contribution >= 4 is 29.1 Å². The molecule has 1 saturated heterocycles. The fraction of sp³-hybridized carbons (Fsp3) is 0.500. The molecule has 8 heteroatoms. The molecule has 1 aliphatic heterocycles. The number of carbonyl (C=O) groups excluding carboxylic acids is 2. The van der Waals surface area contributed by atoms with Crippen LogP contribution in [-0.2, 0) is 0 Å². The van der Waals surface area contributed by atoms with E-state index in [0.29, 0.717) is 19.1 Å². The van der Waals surface area contributed by atoms with Crippen LogP contribution in [0.3, 0.4) is 0 Å². The molecule has 0 radical (unpaired) electrons. The molecule has 0 bridgehead atoms. The maximum absolute atomic E-state index is 12.7. The summed E-state index contributed by atoms with van der Waals surface area (Å²) in [6, 6.07) is 8.01. The summed E-state index contributed by atoms with van der Waals surface area (Å²) >= 11 is 1.57. The largest absolute Gasteiger partial charge is 0.335 e.